The summed E-state index contributed by atoms with van der Waals surface area (Å²) in [6.45, 7) is 2.16. The molecule has 0 aliphatic heterocycles. The van der Waals surface area contributed by atoms with Gasteiger partial charge in [-0.05, 0) is 25.1 Å². The smallest absolute Gasteiger partial charge is 0.125 e. The fourth-order valence-electron chi connectivity index (χ4n) is 1.37. The lowest BCUT2D eigenvalue weighted by Gasteiger charge is -2.22. The van der Waals surface area contributed by atoms with E-state index in [1.165, 1.54) is 12.1 Å². The van der Waals surface area contributed by atoms with E-state index in [2.05, 4.69) is 0 Å². The van der Waals surface area contributed by atoms with Crippen LogP contribution in [-0.4, -0.2) is 24.8 Å². The summed E-state index contributed by atoms with van der Waals surface area (Å²) in [4.78, 5) is 1.79. The highest BCUT2D eigenvalue weighted by Gasteiger charge is 2.08. The summed E-state index contributed by atoms with van der Waals surface area (Å²) >= 11 is 0. The van der Waals surface area contributed by atoms with Gasteiger partial charge in [0.15, 0.2) is 0 Å². The molecule has 0 aliphatic carbocycles. The summed E-state index contributed by atoms with van der Waals surface area (Å²) in [5.74, 6) is -0.350. The van der Waals surface area contributed by atoms with E-state index >= 15 is 0 Å². The number of likely N-dealkylation sites (N-methyl/N-ethyl adjacent to an activating group) is 1. The van der Waals surface area contributed by atoms with Gasteiger partial charge < -0.3 is 15.7 Å². The van der Waals surface area contributed by atoms with Crippen LogP contribution in [-0.2, 0) is 0 Å². The third-order valence-electron chi connectivity index (χ3n) is 1.94. The van der Waals surface area contributed by atoms with E-state index < -0.39 is 6.10 Å². The number of halogens is 1. The van der Waals surface area contributed by atoms with Crippen LogP contribution in [0.3, 0.4) is 0 Å². The first-order valence-corrected chi connectivity index (χ1v) is 4.45. The van der Waals surface area contributed by atoms with E-state index in [0.717, 1.165) is 5.69 Å². The highest BCUT2D eigenvalue weighted by Crippen LogP contribution is 2.22. The van der Waals surface area contributed by atoms with Gasteiger partial charge in [0.25, 0.3) is 0 Å². The van der Waals surface area contributed by atoms with Gasteiger partial charge in [-0.1, -0.05) is 0 Å². The van der Waals surface area contributed by atoms with E-state index in [-0.39, 0.29) is 5.82 Å². The van der Waals surface area contributed by atoms with Gasteiger partial charge in [-0.25, -0.2) is 4.39 Å². The monoisotopic (exact) mass is 198 g/mol. The lowest BCUT2D eigenvalue weighted by Crippen LogP contribution is -2.27. The summed E-state index contributed by atoms with van der Waals surface area (Å²) in [5.41, 5.74) is 6.75. The number of nitrogen functional groups attached to an aromatic ring is 1. The number of hydrogen-bond acceptors (Lipinski definition) is 3. The van der Waals surface area contributed by atoms with Crippen molar-refractivity contribution >= 4 is 11.4 Å². The Labute approximate surface area is 83.0 Å². The van der Waals surface area contributed by atoms with E-state index in [4.69, 9.17) is 5.73 Å². The zero-order chi connectivity index (χ0) is 10.7. The van der Waals surface area contributed by atoms with Crippen LogP contribution in [0.15, 0.2) is 18.2 Å². The summed E-state index contributed by atoms with van der Waals surface area (Å²) < 4.78 is 12.7. The Hall–Kier alpha value is -1.29. The SMILES string of the molecule is CC(O)CN(C)c1ccc(F)cc1N. The molecular formula is C10H15FN2O. The first-order chi connectivity index (χ1) is 6.50. The van der Waals surface area contributed by atoms with Crippen molar-refractivity contribution in [3.8, 4) is 0 Å². The second-order valence-electron chi connectivity index (χ2n) is 3.43. The molecule has 3 N–H and O–H groups in total. The van der Waals surface area contributed by atoms with Crippen molar-refractivity contribution in [1.29, 1.82) is 0 Å². The van der Waals surface area contributed by atoms with Gasteiger partial charge in [0.2, 0.25) is 0 Å². The molecule has 4 heteroatoms. The Kier molecular flexibility index (Phi) is 3.30. The first kappa shape index (κ1) is 10.8. The van der Waals surface area contributed by atoms with Crippen LogP contribution in [0.1, 0.15) is 6.92 Å². The van der Waals surface area contributed by atoms with Crippen LogP contribution in [0.25, 0.3) is 0 Å². The van der Waals surface area contributed by atoms with Crippen molar-refractivity contribution in [3.05, 3.63) is 24.0 Å². The Morgan fingerprint density at radius 2 is 2.21 bits per heavy atom. The molecule has 1 aromatic rings. The molecule has 1 atom stereocenters. The van der Waals surface area contributed by atoms with Crippen molar-refractivity contribution in [2.45, 2.75) is 13.0 Å². The molecule has 0 aromatic heterocycles. The number of rotatable bonds is 3. The fraction of sp³-hybridized carbons (Fsp3) is 0.400. The van der Waals surface area contributed by atoms with E-state index in [1.807, 2.05) is 0 Å². The zero-order valence-corrected chi connectivity index (χ0v) is 8.37. The second kappa shape index (κ2) is 4.28. The Morgan fingerprint density at radius 3 is 2.71 bits per heavy atom. The van der Waals surface area contributed by atoms with Crippen molar-refractivity contribution in [2.24, 2.45) is 0 Å². The van der Waals surface area contributed by atoms with Gasteiger partial charge in [-0.2, -0.15) is 0 Å². The molecule has 0 fully saturated rings. The average Bonchev–Trinajstić information content (AvgIpc) is 2.01. The molecule has 0 radical (unpaired) electrons. The van der Waals surface area contributed by atoms with Gasteiger partial charge in [-0.3, -0.25) is 0 Å². The maximum absolute atomic E-state index is 12.7. The summed E-state index contributed by atoms with van der Waals surface area (Å²) in [5, 5.41) is 9.17. The molecule has 0 saturated heterocycles. The van der Waals surface area contributed by atoms with Crippen molar-refractivity contribution in [2.75, 3.05) is 24.2 Å². The number of nitrogens with zero attached hydrogens (tertiary/aromatic N) is 1. The molecule has 1 unspecified atom stereocenters. The minimum Gasteiger partial charge on any atom is -0.397 e. The Bertz CT molecular complexity index is 315. The van der Waals surface area contributed by atoms with E-state index in [0.29, 0.717) is 12.2 Å². The van der Waals surface area contributed by atoms with Gasteiger partial charge in [0.05, 0.1) is 17.5 Å². The normalized spacial score (nSPS) is 12.6. The van der Waals surface area contributed by atoms with Crippen LogP contribution in [0.2, 0.25) is 0 Å². The van der Waals surface area contributed by atoms with E-state index in [1.54, 1.807) is 24.9 Å². The molecule has 0 bridgehead atoms. The average molecular weight is 198 g/mol. The van der Waals surface area contributed by atoms with Gasteiger partial charge in [-0.15, -0.1) is 0 Å². The fourth-order valence-corrected chi connectivity index (χ4v) is 1.37. The molecule has 3 nitrogen and oxygen atoms in total. The maximum Gasteiger partial charge on any atom is 0.125 e. The summed E-state index contributed by atoms with van der Waals surface area (Å²) in [6, 6.07) is 4.23. The highest BCUT2D eigenvalue weighted by molar-refractivity contribution is 5.67. The lowest BCUT2D eigenvalue weighted by atomic mass is 10.2. The number of aliphatic hydroxyl groups is 1. The zero-order valence-electron chi connectivity index (χ0n) is 8.37. The van der Waals surface area contributed by atoms with Gasteiger partial charge >= 0.3 is 0 Å². The van der Waals surface area contributed by atoms with Crippen molar-refractivity contribution in [3.63, 3.8) is 0 Å². The van der Waals surface area contributed by atoms with Gasteiger partial charge in [0, 0.05) is 13.6 Å². The molecule has 14 heavy (non-hydrogen) atoms. The number of aliphatic hydroxyl groups excluding tert-OH is 1. The third kappa shape index (κ3) is 2.60. The van der Waals surface area contributed by atoms with Crippen LogP contribution in [0, 0.1) is 5.82 Å². The molecule has 78 valence electrons. The quantitative estimate of drug-likeness (QED) is 0.718. The minimum atomic E-state index is -0.440. The molecule has 1 aromatic carbocycles. The molecule has 0 saturated carbocycles. The molecule has 0 spiro atoms. The third-order valence-corrected chi connectivity index (χ3v) is 1.94. The van der Waals surface area contributed by atoms with Crippen LogP contribution < -0.4 is 10.6 Å². The molecule has 0 amide bonds. The predicted octanol–water partition coefficient (Wildman–Crippen LogP) is 1.22. The summed E-state index contributed by atoms with van der Waals surface area (Å²) in [7, 11) is 1.80. The standard InChI is InChI=1S/C10H15FN2O/c1-7(14)6-13(2)10-4-3-8(11)5-9(10)12/h3-5,7,14H,6,12H2,1-2H3. The van der Waals surface area contributed by atoms with Crippen LogP contribution >= 0.6 is 0 Å². The highest BCUT2D eigenvalue weighted by atomic mass is 19.1. The molecule has 1 rings (SSSR count). The largest absolute Gasteiger partial charge is 0.397 e. The van der Waals surface area contributed by atoms with E-state index in [9.17, 15) is 9.50 Å². The lowest BCUT2D eigenvalue weighted by molar-refractivity contribution is 0.201. The second-order valence-corrected chi connectivity index (χ2v) is 3.43. The topological polar surface area (TPSA) is 49.5 Å². The Balaban J connectivity index is 2.84. The number of nitrogens with two attached hydrogens (primary N) is 1. The molecule has 0 aliphatic rings. The number of hydrogen-bond donors (Lipinski definition) is 2. The van der Waals surface area contributed by atoms with Crippen molar-refractivity contribution in [1.82, 2.24) is 0 Å². The number of benzene rings is 1. The van der Waals surface area contributed by atoms with Crippen LogP contribution in [0.5, 0.6) is 0 Å². The van der Waals surface area contributed by atoms with Gasteiger partial charge in [0.1, 0.15) is 5.82 Å². The maximum atomic E-state index is 12.7. The van der Waals surface area contributed by atoms with Crippen LogP contribution in [0.4, 0.5) is 15.8 Å². The first-order valence-electron chi connectivity index (χ1n) is 4.45. The van der Waals surface area contributed by atoms with Crippen molar-refractivity contribution < 1.29 is 9.50 Å². The summed E-state index contributed by atoms with van der Waals surface area (Å²) in [6.07, 6.45) is -0.440. The molecular weight excluding hydrogens is 183 g/mol. The Morgan fingerprint density at radius 1 is 1.57 bits per heavy atom. The predicted molar refractivity (Wildman–Crippen MR) is 55.8 cm³/mol. The minimum absolute atomic E-state index is 0.350. The number of anilines is 2. The molecule has 0 heterocycles.